The number of amides is 3. The van der Waals surface area contributed by atoms with Crippen LogP contribution in [-0.4, -0.2) is 59.3 Å². The molecule has 3 saturated heterocycles. The van der Waals surface area contributed by atoms with Gasteiger partial charge in [-0.25, -0.2) is 8.78 Å². The molecular weight excluding hydrogens is 504 g/mol. The van der Waals surface area contributed by atoms with Crippen molar-refractivity contribution in [1.29, 1.82) is 5.26 Å². The van der Waals surface area contributed by atoms with E-state index in [9.17, 15) is 28.4 Å². The van der Waals surface area contributed by atoms with Crippen molar-refractivity contribution in [2.24, 2.45) is 11.8 Å². The molecule has 5 rings (SSSR count). The molecule has 4 fully saturated rings. The van der Waals surface area contributed by atoms with Crippen molar-refractivity contribution in [2.75, 3.05) is 11.9 Å². The molecule has 3 amide bonds. The highest BCUT2D eigenvalue weighted by Gasteiger charge is 2.60. The minimum absolute atomic E-state index is 0.0885. The van der Waals surface area contributed by atoms with E-state index in [1.165, 1.54) is 4.90 Å². The van der Waals surface area contributed by atoms with Crippen LogP contribution in [0.2, 0.25) is 5.02 Å². The Morgan fingerprint density at radius 2 is 2.08 bits per heavy atom. The highest BCUT2D eigenvalue weighted by Crippen LogP contribution is 2.49. The molecule has 3 N–H and O–H groups in total. The number of nitriles is 1. The van der Waals surface area contributed by atoms with E-state index in [0.717, 1.165) is 12.0 Å². The number of carbonyl (C=O) groups is 3. The Morgan fingerprint density at radius 1 is 1.32 bits per heavy atom. The second kappa shape index (κ2) is 10.8. The van der Waals surface area contributed by atoms with Crippen molar-refractivity contribution in [2.45, 2.75) is 82.5 Å². The van der Waals surface area contributed by atoms with Gasteiger partial charge < -0.3 is 20.9 Å². The second-order valence-electron chi connectivity index (χ2n) is 10.3. The molecule has 3 heterocycles. The van der Waals surface area contributed by atoms with Crippen molar-refractivity contribution >= 4 is 35.0 Å². The van der Waals surface area contributed by atoms with Crippen molar-refractivity contribution in [3.63, 3.8) is 0 Å². The molecular formula is C26H32ClF2N5O3. The maximum atomic E-state index is 15.0. The zero-order chi connectivity index (χ0) is 26.9. The van der Waals surface area contributed by atoms with Crippen molar-refractivity contribution in [3.05, 3.63) is 28.8 Å². The van der Waals surface area contributed by atoms with Gasteiger partial charge in [0.1, 0.15) is 18.1 Å². The molecule has 0 spiro atoms. The molecule has 8 nitrogen and oxygen atoms in total. The van der Waals surface area contributed by atoms with Gasteiger partial charge in [0.25, 0.3) is 5.92 Å². The average molecular weight is 536 g/mol. The monoisotopic (exact) mass is 535 g/mol. The lowest BCUT2D eigenvalue weighted by atomic mass is 9.71. The zero-order valence-electron chi connectivity index (χ0n) is 20.9. The summed E-state index contributed by atoms with van der Waals surface area (Å²) in [4.78, 5) is 40.5. The van der Waals surface area contributed by atoms with Gasteiger partial charge in [-0.3, -0.25) is 14.4 Å². The molecule has 0 aromatic heterocycles. The predicted octanol–water partition coefficient (Wildman–Crippen LogP) is 3.39. The van der Waals surface area contributed by atoms with Crippen LogP contribution in [0.3, 0.4) is 0 Å². The molecule has 4 aliphatic rings. The van der Waals surface area contributed by atoms with Gasteiger partial charge >= 0.3 is 0 Å². The summed E-state index contributed by atoms with van der Waals surface area (Å²) in [5, 5.41) is 18.6. The van der Waals surface area contributed by atoms with Crippen LogP contribution in [0, 0.1) is 30.1 Å². The van der Waals surface area contributed by atoms with Gasteiger partial charge in [-0.05, 0) is 63.6 Å². The summed E-state index contributed by atoms with van der Waals surface area (Å²) in [6.45, 7) is 3.99. The Morgan fingerprint density at radius 3 is 2.76 bits per heavy atom. The molecule has 0 unspecified atom stereocenters. The van der Waals surface area contributed by atoms with Gasteiger partial charge in [0.05, 0.1) is 12.0 Å². The lowest BCUT2D eigenvalue weighted by Crippen LogP contribution is -2.70. The second-order valence-corrected chi connectivity index (χ2v) is 10.7. The SMILES string of the molecule is Cc1c(Cl)cccc1N[C@@H](C)C(=O)N1[C@@H]2CC[C@H]([C@H]1C(=O)N[C@@H](C#N)C[C@@H]1CCCNC1=O)C(F)(F)C2. The quantitative estimate of drug-likeness (QED) is 0.495. The van der Waals surface area contributed by atoms with Crippen LogP contribution < -0.4 is 16.0 Å². The van der Waals surface area contributed by atoms with Gasteiger partial charge in [-0.1, -0.05) is 17.7 Å². The summed E-state index contributed by atoms with van der Waals surface area (Å²) in [5.74, 6) is -6.32. The minimum atomic E-state index is -3.10. The molecule has 1 saturated carbocycles. The van der Waals surface area contributed by atoms with Crippen LogP contribution in [0.25, 0.3) is 0 Å². The molecule has 200 valence electrons. The summed E-state index contributed by atoms with van der Waals surface area (Å²) in [7, 11) is 0. The van der Waals surface area contributed by atoms with Crippen LogP contribution in [-0.2, 0) is 14.4 Å². The van der Waals surface area contributed by atoms with Gasteiger partial charge in [0, 0.05) is 35.6 Å². The van der Waals surface area contributed by atoms with Crippen LogP contribution in [0.1, 0.15) is 51.0 Å². The summed E-state index contributed by atoms with van der Waals surface area (Å²) in [5.41, 5.74) is 1.38. The number of benzene rings is 1. The summed E-state index contributed by atoms with van der Waals surface area (Å²) in [6.07, 6.45) is 1.42. The third-order valence-corrected chi connectivity index (χ3v) is 8.27. The van der Waals surface area contributed by atoms with Gasteiger partial charge in [-0.15, -0.1) is 0 Å². The molecule has 0 radical (unpaired) electrons. The number of halogens is 3. The van der Waals surface area contributed by atoms with Gasteiger partial charge in [0.15, 0.2) is 0 Å². The molecule has 37 heavy (non-hydrogen) atoms. The molecule has 3 aliphatic heterocycles. The zero-order valence-corrected chi connectivity index (χ0v) is 21.7. The first-order valence-corrected chi connectivity index (χ1v) is 13.1. The number of nitrogens with zero attached hydrogens (tertiary/aromatic N) is 2. The van der Waals surface area contributed by atoms with Crippen LogP contribution >= 0.6 is 11.6 Å². The van der Waals surface area contributed by atoms with E-state index in [4.69, 9.17) is 11.6 Å². The normalized spacial score (nSPS) is 28.0. The first kappa shape index (κ1) is 27.1. The Labute approximate surface area is 220 Å². The largest absolute Gasteiger partial charge is 0.374 e. The van der Waals surface area contributed by atoms with E-state index in [1.807, 2.05) is 6.07 Å². The molecule has 1 aromatic carbocycles. The van der Waals surface area contributed by atoms with E-state index in [1.54, 1.807) is 32.0 Å². The molecule has 1 aliphatic carbocycles. The lowest BCUT2D eigenvalue weighted by molar-refractivity contribution is -0.194. The smallest absolute Gasteiger partial charge is 0.255 e. The van der Waals surface area contributed by atoms with Crippen molar-refractivity contribution < 1.29 is 23.2 Å². The Balaban J connectivity index is 1.54. The third kappa shape index (κ3) is 5.52. The summed E-state index contributed by atoms with van der Waals surface area (Å²) >= 11 is 6.19. The number of rotatable bonds is 7. The van der Waals surface area contributed by atoms with E-state index < -0.39 is 60.2 Å². The maximum absolute atomic E-state index is 15.0. The topological polar surface area (TPSA) is 114 Å². The molecule has 11 heteroatoms. The summed E-state index contributed by atoms with van der Waals surface area (Å²) < 4.78 is 29.9. The van der Waals surface area contributed by atoms with Gasteiger partial charge in [-0.2, -0.15) is 5.26 Å². The number of piperidine rings is 3. The molecule has 2 bridgehead atoms. The Bertz CT molecular complexity index is 1110. The number of hydrogen-bond donors (Lipinski definition) is 3. The number of anilines is 1. The predicted molar refractivity (Wildman–Crippen MR) is 134 cm³/mol. The highest BCUT2D eigenvalue weighted by molar-refractivity contribution is 6.31. The fraction of sp³-hybridized carbons (Fsp3) is 0.615. The Hall–Kier alpha value is -2.93. The van der Waals surface area contributed by atoms with Crippen LogP contribution in [0.4, 0.5) is 14.5 Å². The van der Waals surface area contributed by atoms with Crippen molar-refractivity contribution in [3.8, 4) is 6.07 Å². The van der Waals surface area contributed by atoms with Crippen molar-refractivity contribution in [1.82, 2.24) is 15.5 Å². The number of hydrogen-bond acceptors (Lipinski definition) is 5. The number of fused-ring (bicyclic) bond motifs is 3. The van der Waals surface area contributed by atoms with Gasteiger partial charge in [0.2, 0.25) is 17.7 Å². The standard InChI is InChI=1S/C26H32ClF2N5O3/c1-14-20(27)6-3-7-21(14)32-15(2)25(37)34-18-8-9-19(26(28,29)12-18)22(34)24(36)33-17(13-30)11-16-5-4-10-31-23(16)35/h3,6-7,15-19,22,32H,4-5,8-12H2,1-2H3,(H,31,35)(H,33,36)/t15-,16-,17+,18+,19+,22-/m0/s1. The van der Waals surface area contributed by atoms with Crippen LogP contribution in [0.15, 0.2) is 18.2 Å². The van der Waals surface area contributed by atoms with E-state index in [0.29, 0.717) is 30.1 Å². The average Bonchev–Trinajstić information content (AvgIpc) is 2.86. The number of alkyl halides is 2. The Kier molecular flexibility index (Phi) is 7.93. The molecule has 6 atom stereocenters. The highest BCUT2D eigenvalue weighted by atomic mass is 35.5. The van der Waals surface area contributed by atoms with E-state index in [2.05, 4.69) is 16.0 Å². The first-order valence-electron chi connectivity index (χ1n) is 12.7. The fourth-order valence-corrected chi connectivity index (χ4v) is 6.03. The first-order chi connectivity index (χ1) is 17.5. The lowest BCUT2D eigenvalue weighted by Gasteiger charge is -2.54. The van der Waals surface area contributed by atoms with Crippen LogP contribution in [0.5, 0.6) is 0 Å². The third-order valence-electron chi connectivity index (χ3n) is 7.86. The number of nitrogens with one attached hydrogen (secondary N) is 3. The number of carbonyl (C=O) groups excluding carboxylic acids is 3. The fourth-order valence-electron chi connectivity index (χ4n) is 5.85. The van der Waals surface area contributed by atoms with E-state index >= 15 is 0 Å². The summed E-state index contributed by atoms with van der Waals surface area (Å²) in [6, 6.07) is 3.18. The minimum Gasteiger partial charge on any atom is -0.374 e. The molecule has 1 aromatic rings. The van der Waals surface area contributed by atoms with E-state index in [-0.39, 0.29) is 18.7 Å². The maximum Gasteiger partial charge on any atom is 0.255 e.